The third-order valence-electron chi connectivity index (χ3n) is 3.78. The van der Waals surface area contributed by atoms with Crippen LogP contribution in [0, 0.1) is 6.92 Å². The van der Waals surface area contributed by atoms with Crippen LogP contribution in [0.4, 0.5) is 0 Å². The maximum atomic E-state index is 12.7. The number of nitrogens with zero attached hydrogens (tertiary/aromatic N) is 4. The van der Waals surface area contributed by atoms with E-state index in [1.54, 1.807) is 11.2 Å². The molecule has 0 bridgehead atoms. The van der Waals surface area contributed by atoms with Gasteiger partial charge in [0.25, 0.3) is 5.91 Å². The summed E-state index contributed by atoms with van der Waals surface area (Å²) in [5.41, 5.74) is 0.780. The van der Waals surface area contributed by atoms with Gasteiger partial charge in [0.2, 0.25) is 0 Å². The van der Waals surface area contributed by atoms with Gasteiger partial charge in [-0.05, 0) is 13.0 Å². The second kappa shape index (κ2) is 4.72. The molecule has 2 aromatic rings. The van der Waals surface area contributed by atoms with Crippen LogP contribution in [0.15, 0.2) is 16.8 Å². The van der Waals surface area contributed by atoms with Crippen molar-refractivity contribution >= 4 is 5.91 Å². The van der Waals surface area contributed by atoms with Gasteiger partial charge in [-0.1, -0.05) is 20.8 Å². The van der Waals surface area contributed by atoms with E-state index in [4.69, 9.17) is 4.42 Å². The first-order valence-corrected chi connectivity index (χ1v) is 7.13. The SMILES string of the molecule is Cc1cc(C(C)(C)C)oc1C(=O)N1CCn2cnnc2C1. The molecular formula is C15H20N4O2. The lowest BCUT2D eigenvalue weighted by Crippen LogP contribution is -2.38. The molecule has 0 N–H and O–H groups in total. The topological polar surface area (TPSA) is 64.2 Å². The molecule has 3 rings (SSSR count). The number of hydrogen-bond acceptors (Lipinski definition) is 4. The van der Waals surface area contributed by atoms with Gasteiger partial charge in [-0.15, -0.1) is 10.2 Å². The molecule has 21 heavy (non-hydrogen) atoms. The fraction of sp³-hybridized carbons (Fsp3) is 0.533. The molecular weight excluding hydrogens is 268 g/mol. The van der Waals surface area contributed by atoms with Gasteiger partial charge in [0.15, 0.2) is 11.6 Å². The molecule has 1 amide bonds. The number of aromatic nitrogens is 3. The highest BCUT2D eigenvalue weighted by Crippen LogP contribution is 2.28. The quantitative estimate of drug-likeness (QED) is 0.806. The Kier molecular flexibility index (Phi) is 3.11. The van der Waals surface area contributed by atoms with Gasteiger partial charge in [0, 0.05) is 24.1 Å². The summed E-state index contributed by atoms with van der Waals surface area (Å²) in [4.78, 5) is 14.4. The summed E-state index contributed by atoms with van der Waals surface area (Å²) in [5, 5.41) is 7.91. The minimum absolute atomic E-state index is 0.0720. The molecule has 0 aromatic carbocycles. The van der Waals surface area contributed by atoms with Crippen molar-refractivity contribution in [3.63, 3.8) is 0 Å². The van der Waals surface area contributed by atoms with Crippen LogP contribution < -0.4 is 0 Å². The fourth-order valence-electron chi connectivity index (χ4n) is 2.45. The Morgan fingerprint density at radius 3 is 2.76 bits per heavy atom. The van der Waals surface area contributed by atoms with Crippen LogP contribution in [-0.2, 0) is 18.5 Å². The first kappa shape index (κ1) is 13.9. The number of amides is 1. The predicted octanol–water partition coefficient (Wildman–Crippen LogP) is 2.13. The molecule has 1 aliphatic heterocycles. The zero-order valence-electron chi connectivity index (χ0n) is 12.9. The highest BCUT2D eigenvalue weighted by molar-refractivity contribution is 5.93. The smallest absolute Gasteiger partial charge is 0.290 e. The van der Waals surface area contributed by atoms with Crippen molar-refractivity contribution in [1.82, 2.24) is 19.7 Å². The van der Waals surface area contributed by atoms with Gasteiger partial charge < -0.3 is 13.9 Å². The van der Waals surface area contributed by atoms with Gasteiger partial charge in [-0.3, -0.25) is 4.79 Å². The average Bonchev–Trinajstić information content (AvgIpc) is 3.02. The summed E-state index contributed by atoms with van der Waals surface area (Å²) in [7, 11) is 0. The molecule has 0 fully saturated rings. The van der Waals surface area contributed by atoms with Gasteiger partial charge in [-0.25, -0.2) is 0 Å². The van der Waals surface area contributed by atoms with Crippen molar-refractivity contribution in [3.05, 3.63) is 35.3 Å². The number of hydrogen-bond donors (Lipinski definition) is 0. The van der Waals surface area contributed by atoms with Gasteiger partial charge in [0.1, 0.15) is 12.1 Å². The van der Waals surface area contributed by atoms with E-state index in [-0.39, 0.29) is 11.3 Å². The molecule has 6 nitrogen and oxygen atoms in total. The summed E-state index contributed by atoms with van der Waals surface area (Å²) >= 11 is 0. The molecule has 0 spiro atoms. The number of rotatable bonds is 1. The van der Waals surface area contributed by atoms with Gasteiger partial charge in [0.05, 0.1) is 6.54 Å². The molecule has 0 saturated carbocycles. The standard InChI is InChI=1S/C15H20N4O2/c1-10-7-11(15(2,3)4)21-13(10)14(20)18-5-6-19-9-16-17-12(19)8-18/h7,9H,5-6,8H2,1-4H3. The largest absolute Gasteiger partial charge is 0.455 e. The number of furan rings is 1. The van der Waals surface area contributed by atoms with E-state index >= 15 is 0 Å². The van der Waals surface area contributed by atoms with E-state index in [0.29, 0.717) is 18.8 Å². The van der Waals surface area contributed by atoms with Crippen molar-refractivity contribution in [2.24, 2.45) is 0 Å². The molecule has 6 heteroatoms. The lowest BCUT2D eigenvalue weighted by molar-refractivity contribution is 0.0670. The minimum atomic E-state index is -0.106. The van der Waals surface area contributed by atoms with E-state index in [1.807, 2.05) is 17.6 Å². The maximum Gasteiger partial charge on any atom is 0.290 e. The van der Waals surface area contributed by atoms with Gasteiger partial charge in [-0.2, -0.15) is 0 Å². The van der Waals surface area contributed by atoms with Crippen LogP contribution in [0.3, 0.4) is 0 Å². The highest BCUT2D eigenvalue weighted by Gasteiger charge is 2.28. The first-order chi connectivity index (χ1) is 9.86. The fourth-order valence-corrected chi connectivity index (χ4v) is 2.45. The van der Waals surface area contributed by atoms with E-state index < -0.39 is 0 Å². The zero-order chi connectivity index (χ0) is 15.2. The first-order valence-electron chi connectivity index (χ1n) is 7.13. The predicted molar refractivity (Wildman–Crippen MR) is 76.9 cm³/mol. The van der Waals surface area contributed by atoms with E-state index in [1.165, 1.54) is 0 Å². The lowest BCUT2D eigenvalue weighted by atomic mass is 9.93. The Morgan fingerprint density at radius 1 is 1.33 bits per heavy atom. The second-order valence-electron chi connectivity index (χ2n) is 6.54. The lowest BCUT2D eigenvalue weighted by Gasteiger charge is -2.26. The Morgan fingerprint density at radius 2 is 2.10 bits per heavy atom. The second-order valence-corrected chi connectivity index (χ2v) is 6.54. The summed E-state index contributed by atoms with van der Waals surface area (Å²) in [6.07, 6.45) is 1.70. The monoisotopic (exact) mass is 288 g/mol. The number of carbonyl (C=O) groups excluding carboxylic acids is 1. The van der Waals surface area contributed by atoms with Crippen LogP contribution in [0.25, 0.3) is 0 Å². The van der Waals surface area contributed by atoms with E-state index in [9.17, 15) is 4.79 Å². The Bertz CT molecular complexity index is 678. The van der Waals surface area contributed by atoms with Crippen molar-refractivity contribution in [2.45, 2.75) is 46.2 Å². The van der Waals surface area contributed by atoms with Crippen LogP contribution in [0.1, 0.15) is 48.5 Å². The van der Waals surface area contributed by atoms with Crippen molar-refractivity contribution < 1.29 is 9.21 Å². The molecule has 0 unspecified atom stereocenters. The van der Waals surface area contributed by atoms with Crippen LogP contribution in [0.2, 0.25) is 0 Å². The number of fused-ring (bicyclic) bond motifs is 1. The molecule has 3 heterocycles. The van der Waals surface area contributed by atoms with E-state index in [2.05, 4.69) is 31.0 Å². The number of carbonyl (C=O) groups is 1. The van der Waals surface area contributed by atoms with E-state index in [0.717, 1.165) is 23.7 Å². The Labute approximate surface area is 123 Å². The van der Waals surface area contributed by atoms with Crippen molar-refractivity contribution in [1.29, 1.82) is 0 Å². The molecule has 0 saturated heterocycles. The molecule has 0 radical (unpaired) electrons. The third kappa shape index (κ3) is 2.46. The zero-order valence-corrected chi connectivity index (χ0v) is 12.9. The highest BCUT2D eigenvalue weighted by atomic mass is 16.4. The third-order valence-corrected chi connectivity index (χ3v) is 3.78. The summed E-state index contributed by atoms with van der Waals surface area (Å²) in [6.45, 7) is 9.98. The van der Waals surface area contributed by atoms with Crippen LogP contribution in [0.5, 0.6) is 0 Å². The normalized spacial score (nSPS) is 15.1. The summed E-state index contributed by atoms with van der Waals surface area (Å²) < 4.78 is 7.80. The summed E-state index contributed by atoms with van der Waals surface area (Å²) in [5.74, 6) is 2.02. The van der Waals surface area contributed by atoms with Gasteiger partial charge >= 0.3 is 0 Å². The minimum Gasteiger partial charge on any atom is -0.455 e. The summed E-state index contributed by atoms with van der Waals surface area (Å²) in [6, 6.07) is 1.96. The van der Waals surface area contributed by atoms with Crippen molar-refractivity contribution in [3.8, 4) is 0 Å². The van der Waals surface area contributed by atoms with Crippen LogP contribution >= 0.6 is 0 Å². The molecule has 112 valence electrons. The maximum absolute atomic E-state index is 12.7. The molecule has 2 aromatic heterocycles. The average molecular weight is 288 g/mol. The molecule has 0 aliphatic carbocycles. The molecule has 1 aliphatic rings. The Hall–Kier alpha value is -2.11. The molecule has 0 atom stereocenters. The van der Waals surface area contributed by atoms with Crippen molar-refractivity contribution in [2.75, 3.05) is 6.54 Å². The Balaban J connectivity index is 1.85. The number of aryl methyl sites for hydroxylation is 1. The van der Waals surface area contributed by atoms with Crippen LogP contribution in [-0.4, -0.2) is 32.1 Å².